The van der Waals surface area contributed by atoms with Crippen molar-refractivity contribution in [1.29, 1.82) is 0 Å². The second-order valence-corrected chi connectivity index (χ2v) is 7.24. The fraction of sp³-hybridized carbons (Fsp3) is 0.222. The van der Waals surface area contributed by atoms with Gasteiger partial charge in [-0.1, -0.05) is 11.6 Å². The molecule has 0 saturated heterocycles. The van der Waals surface area contributed by atoms with Crippen LogP contribution in [0, 0.1) is 21.7 Å². The highest BCUT2D eigenvalue weighted by Crippen LogP contribution is 2.25. The predicted molar refractivity (Wildman–Crippen MR) is 107 cm³/mol. The van der Waals surface area contributed by atoms with Gasteiger partial charge in [0.15, 0.2) is 0 Å². The van der Waals surface area contributed by atoms with Crippen molar-refractivity contribution in [1.82, 2.24) is 5.32 Å². The number of anilines is 1. The molecule has 2 rings (SSSR count). The molecule has 0 aromatic heterocycles. The number of benzene rings is 2. The molecule has 0 radical (unpaired) electrons. The number of nitro groups is 1. The number of halogens is 3. The SMILES string of the molecule is CSCCC(NC(=O)c1ccc(Cl)c([N+](=O)[O-])c1)C(=O)Nc1ccc(F)cc1F. The molecular weight excluding hydrogens is 428 g/mol. The van der Waals surface area contributed by atoms with Gasteiger partial charge in [0.05, 0.1) is 10.6 Å². The van der Waals surface area contributed by atoms with Crippen molar-refractivity contribution in [2.45, 2.75) is 12.5 Å². The van der Waals surface area contributed by atoms with E-state index in [2.05, 4.69) is 10.6 Å². The maximum Gasteiger partial charge on any atom is 0.288 e. The molecule has 0 bridgehead atoms. The van der Waals surface area contributed by atoms with Gasteiger partial charge >= 0.3 is 0 Å². The predicted octanol–water partition coefficient (Wildman–Crippen LogP) is 4.02. The van der Waals surface area contributed by atoms with E-state index >= 15 is 0 Å². The average molecular weight is 444 g/mol. The van der Waals surface area contributed by atoms with E-state index in [1.807, 2.05) is 0 Å². The van der Waals surface area contributed by atoms with Crippen molar-refractivity contribution in [3.63, 3.8) is 0 Å². The van der Waals surface area contributed by atoms with Crippen LogP contribution in [0.2, 0.25) is 5.02 Å². The van der Waals surface area contributed by atoms with Crippen molar-refractivity contribution >= 4 is 46.6 Å². The summed E-state index contributed by atoms with van der Waals surface area (Å²) in [6.45, 7) is 0. The normalized spacial score (nSPS) is 11.6. The van der Waals surface area contributed by atoms with E-state index < -0.39 is 40.1 Å². The molecule has 0 heterocycles. The van der Waals surface area contributed by atoms with Crippen molar-refractivity contribution in [3.05, 3.63) is 68.7 Å². The van der Waals surface area contributed by atoms with Gasteiger partial charge < -0.3 is 10.6 Å². The Morgan fingerprint density at radius 2 is 1.97 bits per heavy atom. The van der Waals surface area contributed by atoms with Gasteiger partial charge in [-0.15, -0.1) is 0 Å². The van der Waals surface area contributed by atoms with E-state index in [1.54, 1.807) is 6.26 Å². The lowest BCUT2D eigenvalue weighted by Crippen LogP contribution is -2.44. The van der Waals surface area contributed by atoms with Gasteiger partial charge in [0.1, 0.15) is 22.7 Å². The Hall–Kier alpha value is -2.72. The monoisotopic (exact) mass is 443 g/mol. The standard InChI is InChI=1S/C18H16ClF2N3O4S/c1-29-7-6-15(18(26)22-14-5-3-11(20)9-13(14)21)23-17(25)10-2-4-12(19)16(8-10)24(27)28/h2-5,8-9,15H,6-7H2,1H3,(H,22,26)(H,23,25). The number of thioether (sulfide) groups is 1. The Balaban J connectivity index is 2.19. The fourth-order valence-electron chi connectivity index (χ4n) is 2.35. The van der Waals surface area contributed by atoms with Gasteiger partial charge in [0, 0.05) is 17.7 Å². The van der Waals surface area contributed by atoms with Gasteiger partial charge in [-0.2, -0.15) is 11.8 Å². The second kappa shape index (κ2) is 10.2. The van der Waals surface area contributed by atoms with Crippen molar-refractivity contribution < 1.29 is 23.3 Å². The van der Waals surface area contributed by atoms with Crippen LogP contribution in [-0.4, -0.2) is 34.8 Å². The summed E-state index contributed by atoms with van der Waals surface area (Å²) in [7, 11) is 0. The molecule has 0 saturated carbocycles. The summed E-state index contributed by atoms with van der Waals surface area (Å²) in [5.41, 5.74) is -0.740. The van der Waals surface area contributed by atoms with Crippen LogP contribution in [0.4, 0.5) is 20.2 Å². The largest absolute Gasteiger partial charge is 0.340 e. The molecule has 1 atom stereocenters. The van der Waals surface area contributed by atoms with E-state index in [1.165, 1.54) is 23.9 Å². The van der Waals surface area contributed by atoms with Gasteiger partial charge in [0.2, 0.25) is 5.91 Å². The minimum atomic E-state index is -1.05. The van der Waals surface area contributed by atoms with Gasteiger partial charge in [0.25, 0.3) is 11.6 Å². The number of carbonyl (C=O) groups excluding carboxylic acids is 2. The minimum absolute atomic E-state index is 0.0592. The van der Waals surface area contributed by atoms with Crippen LogP contribution in [0.1, 0.15) is 16.8 Å². The van der Waals surface area contributed by atoms with Gasteiger partial charge in [-0.25, -0.2) is 8.78 Å². The average Bonchev–Trinajstić information content (AvgIpc) is 2.67. The fourth-order valence-corrected chi connectivity index (χ4v) is 3.01. The molecule has 2 N–H and O–H groups in total. The number of amides is 2. The number of hydrogen-bond donors (Lipinski definition) is 2. The van der Waals surface area contributed by atoms with E-state index in [-0.39, 0.29) is 22.7 Å². The Labute approximate surface area is 174 Å². The molecule has 1 unspecified atom stereocenters. The summed E-state index contributed by atoms with van der Waals surface area (Å²) in [4.78, 5) is 35.3. The molecule has 154 valence electrons. The third kappa shape index (κ3) is 6.13. The number of rotatable bonds is 8. The van der Waals surface area contributed by atoms with E-state index in [4.69, 9.17) is 11.6 Å². The van der Waals surface area contributed by atoms with Gasteiger partial charge in [-0.05, 0) is 42.7 Å². The lowest BCUT2D eigenvalue weighted by atomic mass is 10.1. The topological polar surface area (TPSA) is 101 Å². The van der Waals surface area contributed by atoms with Crippen LogP contribution in [0.5, 0.6) is 0 Å². The van der Waals surface area contributed by atoms with Crippen molar-refractivity contribution in [2.75, 3.05) is 17.3 Å². The summed E-state index contributed by atoms with van der Waals surface area (Å²) >= 11 is 7.16. The molecule has 2 amide bonds. The molecule has 11 heteroatoms. The Morgan fingerprint density at radius 1 is 1.24 bits per heavy atom. The van der Waals surface area contributed by atoms with Crippen LogP contribution >= 0.6 is 23.4 Å². The molecule has 2 aromatic rings. The first-order valence-corrected chi connectivity index (χ1v) is 9.99. The first-order chi connectivity index (χ1) is 13.7. The third-order valence-corrected chi connectivity index (χ3v) is 4.79. The summed E-state index contributed by atoms with van der Waals surface area (Å²) in [5, 5.41) is 15.6. The highest BCUT2D eigenvalue weighted by atomic mass is 35.5. The second-order valence-electron chi connectivity index (χ2n) is 5.84. The maximum absolute atomic E-state index is 13.8. The minimum Gasteiger partial charge on any atom is -0.340 e. The van der Waals surface area contributed by atoms with Crippen LogP contribution in [0.25, 0.3) is 0 Å². The highest BCUT2D eigenvalue weighted by Gasteiger charge is 2.24. The van der Waals surface area contributed by atoms with Gasteiger partial charge in [-0.3, -0.25) is 19.7 Å². The first-order valence-electron chi connectivity index (χ1n) is 8.22. The Kier molecular flexibility index (Phi) is 7.91. The van der Waals surface area contributed by atoms with Crippen LogP contribution in [0.15, 0.2) is 36.4 Å². The summed E-state index contributed by atoms with van der Waals surface area (Å²) < 4.78 is 26.8. The Bertz CT molecular complexity index is 945. The number of nitrogens with zero attached hydrogens (tertiary/aromatic N) is 1. The van der Waals surface area contributed by atoms with Crippen LogP contribution in [0.3, 0.4) is 0 Å². The first kappa shape index (κ1) is 22.6. The van der Waals surface area contributed by atoms with E-state index in [0.717, 1.165) is 18.2 Å². The smallest absolute Gasteiger partial charge is 0.288 e. The van der Waals surface area contributed by atoms with Crippen molar-refractivity contribution in [3.8, 4) is 0 Å². The van der Waals surface area contributed by atoms with Crippen molar-refractivity contribution in [2.24, 2.45) is 0 Å². The number of nitro benzene ring substituents is 1. The molecular formula is C18H16ClF2N3O4S. The molecule has 0 aliphatic heterocycles. The molecule has 7 nitrogen and oxygen atoms in total. The number of carbonyl (C=O) groups is 2. The number of nitrogens with one attached hydrogen (secondary N) is 2. The lowest BCUT2D eigenvalue weighted by Gasteiger charge is -2.18. The summed E-state index contributed by atoms with van der Waals surface area (Å²) in [6, 6.07) is 5.13. The Morgan fingerprint density at radius 3 is 2.59 bits per heavy atom. The third-order valence-electron chi connectivity index (χ3n) is 3.83. The lowest BCUT2D eigenvalue weighted by molar-refractivity contribution is -0.384. The zero-order valence-corrected chi connectivity index (χ0v) is 16.7. The highest BCUT2D eigenvalue weighted by molar-refractivity contribution is 7.98. The quantitative estimate of drug-likeness (QED) is 0.474. The zero-order chi connectivity index (χ0) is 21.6. The van der Waals surface area contributed by atoms with E-state index in [0.29, 0.717) is 11.8 Å². The summed E-state index contributed by atoms with van der Waals surface area (Å²) in [6.07, 6.45) is 2.02. The van der Waals surface area contributed by atoms with E-state index in [9.17, 15) is 28.5 Å². The molecule has 2 aromatic carbocycles. The molecule has 0 spiro atoms. The van der Waals surface area contributed by atoms with Crippen LogP contribution < -0.4 is 10.6 Å². The zero-order valence-electron chi connectivity index (χ0n) is 15.1. The molecule has 29 heavy (non-hydrogen) atoms. The molecule has 0 aliphatic carbocycles. The summed E-state index contributed by atoms with van der Waals surface area (Å²) in [5.74, 6) is -2.68. The molecule has 0 aliphatic rings. The maximum atomic E-state index is 13.8. The van der Waals surface area contributed by atoms with Crippen LogP contribution in [-0.2, 0) is 4.79 Å². The number of hydrogen-bond acceptors (Lipinski definition) is 5. The molecule has 0 fully saturated rings.